The smallest absolute Gasteiger partial charge is 0.258 e. The molecule has 3 nitrogen and oxygen atoms in total. The van der Waals surface area contributed by atoms with E-state index in [2.05, 4.69) is 54.8 Å². The molecular weight excluding hydrogens is 302 g/mol. The van der Waals surface area contributed by atoms with E-state index in [-0.39, 0.29) is 5.69 Å². The Morgan fingerprint density at radius 1 is 1.04 bits per heavy atom. The molecule has 0 fully saturated rings. The number of hydrogen-bond donors (Lipinski definition) is 0. The van der Waals surface area contributed by atoms with Crippen molar-refractivity contribution in [2.45, 2.75) is 33.5 Å². The summed E-state index contributed by atoms with van der Waals surface area (Å²) in [7, 11) is -1.41. The zero-order valence-electron chi connectivity index (χ0n) is 14.1. The molecule has 0 saturated carbocycles. The molecule has 1 aromatic carbocycles. The minimum Gasteiger partial charge on any atom is -0.258 e. The number of non-ortho nitro benzene ring substituents is 1. The van der Waals surface area contributed by atoms with Crippen molar-refractivity contribution in [3.05, 3.63) is 51.1 Å². The summed E-state index contributed by atoms with van der Waals surface area (Å²) in [6.45, 7) is 10.4. The van der Waals surface area contributed by atoms with E-state index in [0.29, 0.717) is 5.56 Å². The molecule has 0 aliphatic rings. The summed E-state index contributed by atoms with van der Waals surface area (Å²) in [4.78, 5) is 10.2. The first-order valence-corrected chi connectivity index (χ1v) is 10.7. The molecular formula is C19H19NO2Si. The molecule has 0 aliphatic carbocycles. The second-order valence-electron chi connectivity index (χ2n) is 6.18. The number of hydrogen-bond acceptors (Lipinski definition) is 2. The van der Waals surface area contributed by atoms with E-state index in [9.17, 15) is 10.1 Å². The molecule has 0 atom stereocenters. The quantitative estimate of drug-likeness (QED) is 0.337. The molecule has 0 unspecified atom stereocenters. The molecule has 4 heteroatoms. The lowest BCUT2D eigenvalue weighted by Crippen LogP contribution is -2.16. The van der Waals surface area contributed by atoms with Crippen molar-refractivity contribution in [3.8, 4) is 35.1 Å². The highest BCUT2D eigenvalue weighted by atomic mass is 28.3. The van der Waals surface area contributed by atoms with Gasteiger partial charge in [0.2, 0.25) is 0 Å². The van der Waals surface area contributed by atoms with E-state index in [1.54, 1.807) is 12.1 Å². The maximum absolute atomic E-state index is 10.6. The fourth-order valence-electron chi connectivity index (χ4n) is 1.39. The standard InChI is InChI=1S/C19H19NO2Si/c1-16(2)18(8-6-7-15-23(3,4)5)12-9-17-10-13-19(14-11-17)20(21)22/h10-11,13-14H,1-5H3. The Hall–Kier alpha value is -2.74. The zero-order valence-corrected chi connectivity index (χ0v) is 15.1. The lowest BCUT2D eigenvalue weighted by molar-refractivity contribution is -0.384. The number of benzene rings is 1. The molecule has 116 valence electrons. The molecule has 1 rings (SSSR count). The minimum atomic E-state index is -1.41. The van der Waals surface area contributed by atoms with Crippen molar-refractivity contribution in [1.82, 2.24) is 0 Å². The Morgan fingerprint density at radius 3 is 2.13 bits per heavy atom. The fourth-order valence-corrected chi connectivity index (χ4v) is 1.83. The van der Waals surface area contributed by atoms with Crippen LogP contribution >= 0.6 is 0 Å². The number of nitro benzene ring substituents is 1. The highest BCUT2D eigenvalue weighted by Gasteiger charge is 2.06. The third kappa shape index (κ3) is 7.18. The van der Waals surface area contributed by atoms with Gasteiger partial charge in [-0.3, -0.25) is 10.1 Å². The number of nitrogens with zero attached hydrogens (tertiary/aromatic N) is 1. The third-order valence-electron chi connectivity index (χ3n) is 2.60. The molecule has 0 aromatic heterocycles. The molecule has 0 amide bonds. The topological polar surface area (TPSA) is 43.1 Å². The lowest BCUT2D eigenvalue weighted by Gasteiger charge is -2.01. The largest absolute Gasteiger partial charge is 0.269 e. The Balaban J connectivity index is 2.99. The summed E-state index contributed by atoms with van der Waals surface area (Å²) >= 11 is 0. The van der Waals surface area contributed by atoms with Crippen LogP contribution in [0.4, 0.5) is 5.69 Å². The molecule has 0 N–H and O–H groups in total. The monoisotopic (exact) mass is 321 g/mol. The molecule has 0 saturated heterocycles. The normalized spacial score (nSPS) is 9.26. The first-order valence-electron chi connectivity index (χ1n) is 7.16. The van der Waals surface area contributed by atoms with Crippen molar-refractivity contribution in [3.63, 3.8) is 0 Å². The second kappa shape index (κ2) is 8.04. The summed E-state index contributed by atoms with van der Waals surface area (Å²) in [5, 5.41) is 10.6. The van der Waals surface area contributed by atoms with Gasteiger partial charge in [-0.2, -0.15) is 0 Å². The summed E-state index contributed by atoms with van der Waals surface area (Å²) in [6.07, 6.45) is 0. The summed E-state index contributed by atoms with van der Waals surface area (Å²) in [5.74, 6) is 14.7. The Labute approximate surface area is 139 Å². The van der Waals surface area contributed by atoms with Crippen LogP contribution in [0.2, 0.25) is 19.6 Å². The van der Waals surface area contributed by atoms with Gasteiger partial charge >= 0.3 is 0 Å². The van der Waals surface area contributed by atoms with E-state index in [1.165, 1.54) is 12.1 Å². The lowest BCUT2D eigenvalue weighted by atomic mass is 10.1. The van der Waals surface area contributed by atoms with Gasteiger partial charge in [-0.05, 0) is 43.7 Å². The molecule has 0 bridgehead atoms. The van der Waals surface area contributed by atoms with E-state index in [1.807, 2.05) is 13.8 Å². The average molecular weight is 321 g/mol. The first-order chi connectivity index (χ1) is 10.7. The van der Waals surface area contributed by atoms with Gasteiger partial charge < -0.3 is 0 Å². The van der Waals surface area contributed by atoms with Crippen LogP contribution in [0.15, 0.2) is 35.4 Å². The number of nitro groups is 1. The summed E-state index contributed by atoms with van der Waals surface area (Å²) in [5.41, 5.74) is 5.70. The van der Waals surface area contributed by atoms with Crippen LogP contribution in [0.3, 0.4) is 0 Å². The second-order valence-corrected chi connectivity index (χ2v) is 10.9. The van der Waals surface area contributed by atoms with Crippen molar-refractivity contribution in [2.75, 3.05) is 0 Å². The van der Waals surface area contributed by atoms with Gasteiger partial charge in [0, 0.05) is 17.7 Å². The van der Waals surface area contributed by atoms with Gasteiger partial charge in [-0.25, -0.2) is 0 Å². The van der Waals surface area contributed by atoms with Gasteiger partial charge in [0.05, 0.1) is 10.5 Å². The summed E-state index contributed by atoms with van der Waals surface area (Å²) < 4.78 is 0. The minimum absolute atomic E-state index is 0.0550. The van der Waals surface area contributed by atoms with Crippen LogP contribution in [0.1, 0.15) is 19.4 Å². The van der Waals surface area contributed by atoms with Crippen LogP contribution < -0.4 is 0 Å². The van der Waals surface area contributed by atoms with Gasteiger partial charge in [0.25, 0.3) is 5.69 Å². The molecule has 23 heavy (non-hydrogen) atoms. The highest BCUT2D eigenvalue weighted by Crippen LogP contribution is 2.11. The molecule has 1 aromatic rings. The van der Waals surface area contributed by atoms with Crippen LogP contribution in [0, 0.1) is 45.3 Å². The number of allylic oxidation sites excluding steroid dienone is 2. The van der Waals surface area contributed by atoms with Gasteiger partial charge in [0.15, 0.2) is 0 Å². The third-order valence-corrected chi connectivity index (χ3v) is 3.47. The van der Waals surface area contributed by atoms with Crippen molar-refractivity contribution >= 4 is 13.8 Å². The maximum atomic E-state index is 10.6. The SMILES string of the molecule is CC(C)=C(C#CC#C[Si](C)(C)C)C#Cc1ccc([N+](=O)[O-])cc1. The number of rotatable bonds is 1. The molecule has 0 radical (unpaired) electrons. The van der Waals surface area contributed by atoms with Crippen LogP contribution in [-0.4, -0.2) is 13.0 Å². The van der Waals surface area contributed by atoms with E-state index < -0.39 is 13.0 Å². The molecule has 0 aliphatic heterocycles. The maximum Gasteiger partial charge on any atom is 0.269 e. The van der Waals surface area contributed by atoms with Gasteiger partial charge in [-0.15, -0.1) is 5.54 Å². The fraction of sp³-hybridized carbons (Fsp3) is 0.263. The molecule has 0 heterocycles. The van der Waals surface area contributed by atoms with Crippen LogP contribution in [-0.2, 0) is 0 Å². The van der Waals surface area contributed by atoms with E-state index >= 15 is 0 Å². The first kappa shape index (κ1) is 18.3. The van der Waals surface area contributed by atoms with Crippen molar-refractivity contribution < 1.29 is 4.92 Å². The van der Waals surface area contributed by atoms with Crippen molar-refractivity contribution in [1.29, 1.82) is 0 Å². The van der Waals surface area contributed by atoms with Gasteiger partial charge in [0.1, 0.15) is 8.07 Å². The predicted octanol–water partition coefficient (Wildman–Crippen LogP) is 4.17. The van der Waals surface area contributed by atoms with Crippen LogP contribution in [0.25, 0.3) is 0 Å². The van der Waals surface area contributed by atoms with Crippen molar-refractivity contribution in [2.24, 2.45) is 0 Å². The van der Waals surface area contributed by atoms with E-state index in [0.717, 1.165) is 11.1 Å². The zero-order chi connectivity index (χ0) is 17.5. The molecule has 0 spiro atoms. The Bertz CT molecular complexity index is 804. The highest BCUT2D eigenvalue weighted by molar-refractivity contribution is 6.83. The van der Waals surface area contributed by atoms with E-state index in [4.69, 9.17) is 0 Å². The summed E-state index contributed by atoms with van der Waals surface area (Å²) in [6, 6.07) is 6.15. The van der Waals surface area contributed by atoms with Gasteiger partial charge in [-0.1, -0.05) is 37.1 Å². The average Bonchev–Trinajstić information content (AvgIpc) is 2.45. The van der Waals surface area contributed by atoms with Crippen LogP contribution in [0.5, 0.6) is 0 Å². The Kier molecular flexibility index (Phi) is 6.40. The predicted molar refractivity (Wildman–Crippen MR) is 97.2 cm³/mol. The Morgan fingerprint density at radius 2 is 1.65 bits per heavy atom.